The van der Waals surface area contributed by atoms with Gasteiger partial charge in [0.15, 0.2) is 0 Å². The molecule has 0 spiro atoms. The lowest BCUT2D eigenvalue weighted by Crippen LogP contribution is -2.13. The molecule has 10 heteroatoms. The number of nitrogens with two attached hydrogens (primary N) is 1. The van der Waals surface area contributed by atoms with Gasteiger partial charge in [-0.2, -0.15) is 13.2 Å². The van der Waals surface area contributed by atoms with E-state index in [1.54, 1.807) is 0 Å². The number of aromatic amines is 1. The predicted molar refractivity (Wildman–Crippen MR) is 60.2 cm³/mol. The molecule has 0 aliphatic rings. The third-order valence-corrected chi connectivity index (χ3v) is 3.45. The van der Waals surface area contributed by atoms with Gasteiger partial charge >= 0.3 is 6.18 Å². The number of nitrogens with one attached hydrogen (secondary N) is 1. The van der Waals surface area contributed by atoms with Crippen LogP contribution < -0.4 is 5.14 Å². The first-order chi connectivity index (χ1) is 8.09. The van der Waals surface area contributed by atoms with Crippen molar-refractivity contribution in [1.82, 2.24) is 9.97 Å². The number of rotatable bonds is 1. The number of hydrogen-bond acceptors (Lipinski definition) is 3. The smallest absolute Gasteiger partial charge is 0.328 e. The summed E-state index contributed by atoms with van der Waals surface area (Å²) in [4.78, 5) is 5.86. The summed E-state index contributed by atoms with van der Waals surface area (Å²) in [5.74, 6) is 0. The first-order valence-corrected chi connectivity index (χ1v) is 6.72. The summed E-state index contributed by atoms with van der Waals surface area (Å²) in [5, 5.41) is 4.25. The molecule has 0 aliphatic heterocycles. The third kappa shape index (κ3) is 2.35. The average Bonchev–Trinajstić information content (AvgIpc) is 2.59. The van der Waals surface area contributed by atoms with Crippen LogP contribution in [0.1, 0.15) is 5.56 Å². The molecule has 5 nitrogen and oxygen atoms in total. The minimum atomic E-state index is -4.54. The molecule has 0 unspecified atom stereocenters. The van der Waals surface area contributed by atoms with Gasteiger partial charge in [0.05, 0.1) is 11.1 Å². The van der Waals surface area contributed by atoms with E-state index in [4.69, 9.17) is 5.14 Å². The van der Waals surface area contributed by atoms with Crippen molar-refractivity contribution in [1.29, 1.82) is 0 Å². The van der Waals surface area contributed by atoms with E-state index in [9.17, 15) is 21.6 Å². The lowest BCUT2D eigenvalue weighted by molar-refractivity contribution is -0.137. The Kier molecular flexibility index (Phi) is 2.91. The minimum absolute atomic E-state index is 0.0264. The molecule has 0 saturated carbocycles. The zero-order valence-corrected chi connectivity index (χ0v) is 10.8. The van der Waals surface area contributed by atoms with E-state index in [0.29, 0.717) is 0 Å². The van der Waals surface area contributed by atoms with Crippen molar-refractivity contribution in [2.24, 2.45) is 5.14 Å². The Hall–Kier alpha value is -1.13. The Labute approximate surface area is 107 Å². The van der Waals surface area contributed by atoms with Crippen LogP contribution in [0.4, 0.5) is 13.2 Å². The number of nitrogens with zero attached hydrogens (tertiary/aromatic N) is 1. The highest BCUT2D eigenvalue weighted by molar-refractivity contribution is 9.10. The van der Waals surface area contributed by atoms with E-state index < -0.39 is 26.9 Å². The summed E-state index contributed by atoms with van der Waals surface area (Å²) in [6.45, 7) is 0. The van der Waals surface area contributed by atoms with Crippen LogP contribution in [0.2, 0.25) is 0 Å². The summed E-state index contributed by atoms with van der Waals surface area (Å²) >= 11 is 2.90. The Balaban J connectivity index is 2.75. The third-order valence-electron chi connectivity index (χ3n) is 2.12. The number of alkyl halides is 3. The van der Waals surface area contributed by atoms with Crippen molar-refractivity contribution in [3.63, 3.8) is 0 Å². The zero-order chi connectivity index (χ0) is 13.7. The molecule has 98 valence electrons. The molecule has 0 amide bonds. The van der Waals surface area contributed by atoms with Crippen molar-refractivity contribution >= 4 is 37.0 Å². The number of H-pyrrole nitrogens is 1. The molecular weight excluding hydrogens is 339 g/mol. The predicted octanol–water partition coefficient (Wildman–Crippen LogP) is 1.99. The van der Waals surface area contributed by atoms with Crippen molar-refractivity contribution < 1.29 is 21.6 Å². The summed E-state index contributed by atoms with van der Waals surface area (Å²) in [5.41, 5.74) is -0.931. The SMILES string of the molecule is NS(=O)(=O)c1nc2c(Br)cc(C(F)(F)F)cc2[nH]1. The number of primary sulfonamides is 1. The number of halogens is 4. The molecule has 1 heterocycles. The molecule has 0 radical (unpaired) electrons. The standard InChI is InChI=1S/C8H5BrF3N3O2S/c9-4-1-3(8(10,11)12)2-5-6(4)15-7(14-5)18(13,16)17/h1-2H,(H,14,15)(H2,13,16,17). The van der Waals surface area contributed by atoms with Crippen molar-refractivity contribution in [2.45, 2.75) is 11.3 Å². The average molecular weight is 344 g/mol. The van der Waals surface area contributed by atoms with E-state index in [-0.39, 0.29) is 15.5 Å². The highest BCUT2D eigenvalue weighted by atomic mass is 79.9. The molecule has 2 rings (SSSR count). The van der Waals surface area contributed by atoms with E-state index in [1.165, 1.54) is 0 Å². The second kappa shape index (κ2) is 3.93. The van der Waals surface area contributed by atoms with Crippen LogP contribution >= 0.6 is 15.9 Å². The van der Waals surface area contributed by atoms with Crippen molar-refractivity contribution in [3.05, 3.63) is 22.2 Å². The van der Waals surface area contributed by atoms with Gasteiger partial charge in [-0.15, -0.1) is 0 Å². The van der Waals surface area contributed by atoms with Gasteiger partial charge in [0, 0.05) is 4.47 Å². The first kappa shape index (κ1) is 13.3. The molecule has 0 fully saturated rings. The summed E-state index contributed by atoms with van der Waals surface area (Å²) in [6.07, 6.45) is -4.54. The number of aromatic nitrogens is 2. The number of fused-ring (bicyclic) bond motifs is 1. The van der Waals surface area contributed by atoms with Crippen LogP contribution in [-0.2, 0) is 16.2 Å². The van der Waals surface area contributed by atoms with Gasteiger partial charge in [-0.05, 0) is 28.1 Å². The fraction of sp³-hybridized carbons (Fsp3) is 0.125. The fourth-order valence-corrected chi connectivity index (χ4v) is 2.37. The van der Waals surface area contributed by atoms with Crippen LogP contribution in [0.5, 0.6) is 0 Å². The van der Waals surface area contributed by atoms with Gasteiger partial charge in [0.1, 0.15) is 5.52 Å². The van der Waals surface area contributed by atoms with Gasteiger partial charge in [-0.1, -0.05) is 0 Å². The van der Waals surface area contributed by atoms with Gasteiger partial charge in [-0.25, -0.2) is 18.5 Å². The minimum Gasteiger partial charge on any atom is -0.328 e. The molecule has 0 aliphatic carbocycles. The van der Waals surface area contributed by atoms with Gasteiger partial charge in [-0.3, -0.25) is 0 Å². The lowest BCUT2D eigenvalue weighted by atomic mass is 10.2. The fourth-order valence-electron chi connectivity index (χ4n) is 1.35. The van der Waals surface area contributed by atoms with Crippen LogP contribution in [0.3, 0.4) is 0 Å². The highest BCUT2D eigenvalue weighted by Crippen LogP contribution is 2.34. The molecule has 1 aromatic heterocycles. The molecule has 0 bridgehead atoms. The molecule has 0 saturated heterocycles. The second-order valence-corrected chi connectivity index (χ2v) is 5.77. The maximum atomic E-state index is 12.5. The van der Waals surface area contributed by atoms with Crippen LogP contribution in [0.15, 0.2) is 21.8 Å². The van der Waals surface area contributed by atoms with Crippen molar-refractivity contribution in [3.8, 4) is 0 Å². The largest absolute Gasteiger partial charge is 0.416 e. The van der Waals surface area contributed by atoms with E-state index in [0.717, 1.165) is 12.1 Å². The topological polar surface area (TPSA) is 88.8 Å². The quantitative estimate of drug-likeness (QED) is 0.829. The maximum Gasteiger partial charge on any atom is 0.416 e. The van der Waals surface area contributed by atoms with Crippen LogP contribution in [0.25, 0.3) is 11.0 Å². The van der Waals surface area contributed by atoms with Gasteiger partial charge in [0.2, 0.25) is 5.16 Å². The van der Waals surface area contributed by atoms with E-state index in [1.807, 2.05) is 0 Å². The maximum absolute atomic E-state index is 12.5. The molecule has 3 N–H and O–H groups in total. The highest BCUT2D eigenvalue weighted by Gasteiger charge is 2.32. The zero-order valence-electron chi connectivity index (χ0n) is 8.42. The summed E-state index contributed by atoms with van der Waals surface area (Å²) in [7, 11) is -4.10. The van der Waals surface area contributed by atoms with Gasteiger partial charge < -0.3 is 4.98 Å². The summed E-state index contributed by atoms with van der Waals surface area (Å²) < 4.78 is 59.7. The number of hydrogen-bond donors (Lipinski definition) is 2. The molecule has 2 aromatic rings. The first-order valence-electron chi connectivity index (χ1n) is 4.38. The monoisotopic (exact) mass is 343 g/mol. The number of imidazole rings is 1. The summed E-state index contributed by atoms with van der Waals surface area (Å²) in [6, 6.07) is 1.58. The van der Waals surface area contributed by atoms with Crippen molar-refractivity contribution in [2.75, 3.05) is 0 Å². The molecule has 0 atom stereocenters. The van der Waals surface area contributed by atoms with E-state index in [2.05, 4.69) is 25.9 Å². The Bertz CT molecular complexity index is 723. The Morgan fingerprint density at radius 3 is 2.44 bits per heavy atom. The number of sulfonamides is 1. The Morgan fingerprint density at radius 2 is 1.94 bits per heavy atom. The Morgan fingerprint density at radius 1 is 1.33 bits per heavy atom. The van der Waals surface area contributed by atoms with Crippen LogP contribution in [0, 0.1) is 0 Å². The number of benzene rings is 1. The van der Waals surface area contributed by atoms with Crippen LogP contribution in [-0.4, -0.2) is 18.4 Å². The van der Waals surface area contributed by atoms with E-state index >= 15 is 0 Å². The normalized spacial score (nSPS) is 13.2. The van der Waals surface area contributed by atoms with Gasteiger partial charge in [0.25, 0.3) is 10.0 Å². The molecular formula is C8H5BrF3N3O2S. The molecule has 1 aromatic carbocycles. The second-order valence-electron chi connectivity index (χ2n) is 3.44. The molecule has 18 heavy (non-hydrogen) atoms. The lowest BCUT2D eigenvalue weighted by Gasteiger charge is -2.06.